The lowest BCUT2D eigenvalue weighted by molar-refractivity contribution is -0.159. The minimum Gasteiger partial charge on any atom is -0.462 e. The van der Waals surface area contributed by atoms with E-state index in [4.69, 9.17) is 28.8 Å². The number of aliphatic hydroxyl groups excluding tert-OH is 1. The van der Waals surface area contributed by atoms with Gasteiger partial charge in [-0.25, -0.2) is 14.4 Å². The third-order valence-corrected chi connectivity index (χ3v) is 7.87. The normalized spacial score (nSPS) is 23.0. The summed E-state index contributed by atoms with van der Waals surface area (Å²) < 4.78 is 27.4. The van der Waals surface area contributed by atoms with Gasteiger partial charge in [0.25, 0.3) is 5.91 Å². The molecule has 2 heterocycles. The molecule has 0 saturated carbocycles. The van der Waals surface area contributed by atoms with Crippen LogP contribution in [0, 0.1) is 5.41 Å². The van der Waals surface area contributed by atoms with Crippen molar-refractivity contribution in [1.82, 2.24) is 10.6 Å². The first kappa shape index (κ1) is 33.5. The van der Waals surface area contributed by atoms with Gasteiger partial charge in [-0.05, 0) is 47.5 Å². The molecule has 248 valence electrons. The number of ether oxygens (including phenoxy) is 5. The van der Waals surface area contributed by atoms with Gasteiger partial charge in [-0.1, -0.05) is 38.1 Å². The third-order valence-electron chi connectivity index (χ3n) is 7.87. The largest absolute Gasteiger partial charge is 0.462 e. The van der Waals surface area contributed by atoms with Crippen LogP contribution in [0.4, 0.5) is 0 Å². The molecule has 0 bridgehead atoms. The van der Waals surface area contributed by atoms with Gasteiger partial charge in [0.05, 0.1) is 12.2 Å². The van der Waals surface area contributed by atoms with Crippen molar-refractivity contribution in [3.05, 3.63) is 88.5 Å². The van der Waals surface area contributed by atoms with Crippen molar-refractivity contribution in [2.24, 2.45) is 5.41 Å². The molecule has 0 spiro atoms. The van der Waals surface area contributed by atoms with E-state index in [0.29, 0.717) is 22.3 Å². The Morgan fingerprint density at radius 2 is 1.79 bits per heavy atom. The van der Waals surface area contributed by atoms with Crippen LogP contribution in [0.15, 0.2) is 66.3 Å². The molecular weight excluding hydrogens is 612 g/mol. The first-order chi connectivity index (χ1) is 22.5. The van der Waals surface area contributed by atoms with Crippen molar-refractivity contribution in [3.63, 3.8) is 0 Å². The van der Waals surface area contributed by atoms with Gasteiger partial charge in [0, 0.05) is 42.1 Å². The SMILES string of the molecule is CC1(C)COC(=O)[C@@H]1OC(=O)C=Cc1cccc(C(=O)O[C@@H]2CC(C(=O)NCc3cccc(C(=O)NCCO)c3)=C[C@H]3OCO[C@H]32)c1. The summed E-state index contributed by atoms with van der Waals surface area (Å²) in [5.74, 6) is -2.70. The molecule has 47 heavy (non-hydrogen) atoms. The number of amides is 2. The summed E-state index contributed by atoms with van der Waals surface area (Å²) in [5.41, 5.74) is 1.53. The van der Waals surface area contributed by atoms with Gasteiger partial charge in [-0.2, -0.15) is 0 Å². The Kier molecular flexibility index (Phi) is 10.5. The molecule has 0 radical (unpaired) electrons. The molecular formula is C34H36N2O11. The van der Waals surface area contributed by atoms with Crippen molar-refractivity contribution in [3.8, 4) is 0 Å². The van der Waals surface area contributed by atoms with E-state index in [1.54, 1.807) is 62.4 Å². The fourth-order valence-corrected chi connectivity index (χ4v) is 5.34. The van der Waals surface area contributed by atoms with Crippen LogP contribution in [0.3, 0.4) is 0 Å². The maximum atomic E-state index is 13.2. The molecule has 2 saturated heterocycles. The van der Waals surface area contributed by atoms with Crippen LogP contribution in [-0.4, -0.2) is 85.8 Å². The molecule has 3 aliphatic rings. The lowest BCUT2D eigenvalue weighted by atomic mass is 9.90. The Labute approximate surface area is 270 Å². The number of esters is 3. The van der Waals surface area contributed by atoms with Gasteiger partial charge >= 0.3 is 17.9 Å². The zero-order valence-electron chi connectivity index (χ0n) is 25.9. The summed E-state index contributed by atoms with van der Waals surface area (Å²) >= 11 is 0. The smallest absolute Gasteiger partial charge is 0.348 e. The molecule has 13 nitrogen and oxygen atoms in total. The van der Waals surface area contributed by atoms with Crippen molar-refractivity contribution < 1.29 is 52.8 Å². The second kappa shape index (κ2) is 14.7. The molecule has 3 N–H and O–H groups in total. The predicted molar refractivity (Wildman–Crippen MR) is 164 cm³/mol. The highest BCUT2D eigenvalue weighted by Crippen LogP contribution is 2.32. The Hall–Kier alpha value is -4.85. The highest BCUT2D eigenvalue weighted by Gasteiger charge is 2.46. The Bertz CT molecular complexity index is 1600. The summed E-state index contributed by atoms with van der Waals surface area (Å²) in [7, 11) is 0. The molecule has 2 aliphatic heterocycles. The number of nitrogens with one attached hydrogen (secondary N) is 2. The average Bonchev–Trinajstić information content (AvgIpc) is 3.65. The minimum atomic E-state index is -1.01. The van der Waals surface area contributed by atoms with Crippen LogP contribution < -0.4 is 10.6 Å². The fourth-order valence-electron chi connectivity index (χ4n) is 5.34. The van der Waals surface area contributed by atoms with E-state index >= 15 is 0 Å². The summed E-state index contributed by atoms with van der Waals surface area (Å²) in [4.78, 5) is 62.9. The van der Waals surface area contributed by atoms with E-state index in [0.717, 1.165) is 0 Å². The second-order valence-electron chi connectivity index (χ2n) is 12.0. The number of hydrogen-bond donors (Lipinski definition) is 3. The van der Waals surface area contributed by atoms with E-state index in [1.165, 1.54) is 18.2 Å². The summed E-state index contributed by atoms with van der Waals surface area (Å²) in [6, 6.07) is 13.2. The van der Waals surface area contributed by atoms with E-state index in [2.05, 4.69) is 10.6 Å². The fraction of sp³-hybridized carbons (Fsp3) is 0.382. The molecule has 4 atom stereocenters. The van der Waals surface area contributed by atoms with E-state index in [-0.39, 0.29) is 56.9 Å². The molecule has 5 rings (SSSR count). The van der Waals surface area contributed by atoms with Crippen LogP contribution in [0.25, 0.3) is 6.08 Å². The minimum absolute atomic E-state index is 0.0218. The number of carbonyl (C=O) groups is 5. The van der Waals surface area contributed by atoms with E-state index in [9.17, 15) is 24.0 Å². The number of rotatable bonds is 11. The van der Waals surface area contributed by atoms with Crippen molar-refractivity contribution in [1.29, 1.82) is 0 Å². The standard InChI is InChI=1S/C34H36N2O11/c1-34(2)18-43-33(42)29(34)47-27(38)10-9-20-5-3-8-23(13-20)32(41)46-26-16-24(15-25-28(26)45-19-44-25)31(40)36-17-21-6-4-7-22(14-21)30(39)35-11-12-37/h3-10,13-15,25-26,28-29,37H,11-12,16-19H2,1-2H3,(H,35,39)(H,36,40)/t25-,26-,28-,29+/m1/s1. The number of cyclic esters (lactones) is 1. The summed E-state index contributed by atoms with van der Waals surface area (Å²) in [6.07, 6.45) is 1.34. The Morgan fingerprint density at radius 3 is 2.55 bits per heavy atom. The second-order valence-corrected chi connectivity index (χ2v) is 12.0. The molecule has 2 aromatic carbocycles. The summed E-state index contributed by atoms with van der Waals surface area (Å²) in [5, 5.41) is 14.4. The molecule has 2 amide bonds. The highest BCUT2D eigenvalue weighted by atomic mass is 16.7. The number of carbonyl (C=O) groups excluding carboxylic acids is 5. The van der Waals surface area contributed by atoms with Crippen LogP contribution in [0.2, 0.25) is 0 Å². The first-order valence-electron chi connectivity index (χ1n) is 15.1. The van der Waals surface area contributed by atoms with Crippen molar-refractivity contribution in [2.75, 3.05) is 26.6 Å². The van der Waals surface area contributed by atoms with Gasteiger partial charge in [0.15, 0.2) is 0 Å². The van der Waals surface area contributed by atoms with Crippen LogP contribution in [-0.2, 0) is 44.6 Å². The Morgan fingerprint density at radius 1 is 1.00 bits per heavy atom. The van der Waals surface area contributed by atoms with Crippen molar-refractivity contribution in [2.45, 2.75) is 51.2 Å². The molecule has 13 heteroatoms. The van der Waals surface area contributed by atoms with Gasteiger partial charge in [0.1, 0.15) is 31.7 Å². The molecule has 0 aromatic heterocycles. The zero-order valence-corrected chi connectivity index (χ0v) is 25.9. The van der Waals surface area contributed by atoms with Gasteiger partial charge in [-0.3, -0.25) is 9.59 Å². The molecule has 2 aromatic rings. The predicted octanol–water partition coefficient (Wildman–Crippen LogP) is 1.83. The van der Waals surface area contributed by atoms with Crippen LogP contribution >= 0.6 is 0 Å². The first-order valence-corrected chi connectivity index (χ1v) is 15.1. The van der Waals surface area contributed by atoms with Gasteiger partial charge < -0.3 is 39.4 Å². The highest BCUT2D eigenvalue weighted by molar-refractivity contribution is 5.95. The lowest BCUT2D eigenvalue weighted by Gasteiger charge is -2.30. The number of aliphatic hydroxyl groups is 1. The monoisotopic (exact) mass is 648 g/mol. The Balaban J connectivity index is 1.19. The molecule has 0 unspecified atom stereocenters. The lowest BCUT2D eigenvalue weighted by Crippen LogP contribution is -2.43. The van der Waals surface area contributed by atoms with E-state index in [1.807, 2.05) is 0 Å². The number of hydrogen-bond acceptors (Lipinski definition) is 11. The average molecular weight is 649 g/mol. The quantitative estimate of drug-likeness (QED) is 0.184. The maximum absolute atomic E-state index is 13.2. The van der Waals surface area contributed by atoms with Crippen LogP contribution in [0.5, 0.6) is 0 Å². The maximum Gasteiger partial charge on any atom is 0.348 e. The van der Waals surface area contributed by atoms with Gasteiger partial charge in [0.2, 0.25) is 12.0 Å². The molecule has 1 aliphatic carbocycles. The zero-order chi connectivity index (χ0) is 33.6. The number of fused-ring (bicyclic) bond motifs is 1. The summed E-state index contributed by atoms with van der Waals surface area (Å²) in [6.45, 7) is 3.77. The van der Waals surface area contributed by atoms with Crippen LogP contribution in [0.1, 0.15) is 52.1 Å². The topological polar surface area (TPSA) is 176 Å². The number of benzene rings is 2. The molecule has 2 fully saturated rings. The van der Waals surface area contributed by atoms with E-state index < -0.39 is 47.7 Å². The van der Waals surface area contributed by atoms with Crippen molar-refractivity contribution >= 4 is 35.8 Å². The third kappa shape index (κ3) is 8.30. The van der Waals surface area contributed by atoms with Gasteiger partial charge in [-0.15, -0.1) is 0 Å².